The van der Waals surface area contributed by atoms with E-state index in [-0.39, 0.29) is 10.8 Å². The predicted molar refractivity (Wildman–Crippen MR) is 53.7 cm³/mol. The van der Waals surface area contributed by atoms with Crippen LogP contribution in [0.25, 0.3) is 0 Å². The normalized spacial score (nSPS) is 41.9. The van der Waals surface area contributed by atoms with Crippen LogP contribution in [0.3, 0.4) is 0 Å². The number of hydrazone groups is 1. The predicted octanol–water partition coefficient (Wildman–Crippen LogP) is 2.47. The molecule has 2 rings (SSSR count). The van der Waals surface area contributed by atoms with Crippen LogP contribution >= 0.6 is 0 Å². The molecule has 0 aromatic carbocycles. The van der Waals surface area contributed by atoms with Crippen molar-refractivity contribution < 1.29 is 5.03 Å². The lowest BCUT2D eigenvalue weighted by Crippen LogP contribution is -2.32. The van der Waals surface area contributed by atoms with Crippen molar-refractivity contribution in [3.63, 3.8) is 0 Å². The van der Waals surface area contributed by atoms with Gasteiger partial charge in [0.05, 0.1) is 10.8 Å². The van der Waals surface area contributed by atoms with Crippen molar-refractivity contribution in [2.45, 2.75) is 40.0 Å². The Morgan fingerprint density at radius 1 is 1.50 bits per heavy atom. The van der Waals surface area contributed by atoms with Crippen LogP contribution in [0, 0.1) is 26.9 Å². The summed E-state index contributed by atoms with van der Waals surface area (Å²) in [6.45, 7) is 6.56. The lowest BCUT2D eigenvalue weighted by atomic mass is 9.70. The number of fused-ring (bicyclic) bond motifs is 2. The van der Waals surface area contributed by atoms with Gasteiger partial charge in [0.2, 0.25) is 0 Å². The van der Waals surface area contributed by atoms with E-state index in [9.17, 15) is 10.1 Å². The first-order valence-corrected chi connectivity index (χ1v) is 5.10. The third-order valence-electron chi connectivity index (χ3n) is 4.71. The largest absolute Gasteiger partial charge is 0.233 e. The van der Waals surface area contributed by atoms with Gasteiger partial charge in [-0.25, -0.2) is 10.1 Å². The molecule has 0 amide bonds. The first-order valence-electron chi connectivity index (χ1n) is 5.10. The minimum absolute atomic E-state index is 0.0370. The molecule has 2 saturated carbocycles. The van der Waals surface area contributed by atoms with Gasteiger partial charge in [0, 0.05) is 5.41 Å². The molecule has 0 saturated heterocycles. The van der Waals surface area contributed by atoms with Crippen LogP contribution in [0.5, 0.6) is 0 Å². The Hall–Kier alpha value is -0.930. The average molecular weight is 196 g/mol. The molecule has 4 heteroatoms. The van der Waals surface area contributed by atoms with Crippen LogP contribution in [0.15, 0.2) is 5.10 Å². The fraction of sp³-hybridized carbons (Fsp3) is 0.900. The zero-order valence-corrected chi connectivity index (χ0v) is 8.91. The molecule has 0 unspecified atom stereocenters. The van der Waals surface area contributed by atoms with Crippen LogP contribution < -0.4 is 0 Å². The maximum Gasteiger partial charge on any atom is 0.190 e. The van der Waals surface area contributed by atoms with Gasteiger partial charge in [0.1, 0.15) is 0 Å². The summed E-state index contributed by atoms with van der Waals surface area (Å²) in [5, 5.41) is 13.4. The molecule has 2 atom stereocenters. The minimum atomic E-state index is -0.544. The molecule has 78 valence electrons. The van der Waals surface area contributed by atoms with Gasteiger partial charge < -0.3 is 0 Å². The Morgan fingerprint density at radius 3 is 2.50 bits per heavy atom. The molecule has 2 fully saturated rings. The van der Waals surface area contributed by atoms with E-state index in [1.54, 1.807) is 0 Å². The zero-order valence-electron chi connectivity index (χ0n) is 8.91. The van der Waals surface area contributed by atoms with Crippen molar-refractivity contribution in [1.82, 2.24) is 0 Å². The second kappa shape index (κ2) is 2.55. The van der Waals surface area contributed by atoms with E-state index in [1.807, 2.05) is 0 Å². The van der Waals surface area contributed by atoms with Crippen LogP contribution in [-0.4, -0.2) is 10.7 Å². The molecule has 2 bridgehead atoms. The number of hydrogen-bond donors (Lipinski definition) is 0. The maximum atomic E-state index is 10.4. The summed E-state index contributed by atoms with van der Waals surface area (Å²) in [5.74, 6) is 0.589. The van der Waals surface area contributed by atoms with E-state index in [0.717, 1.165) is 18.6 Å². The summed E-state index contributed by atoms with van der Waals surface area (Å²) in [4.78, 5) is 10.4. The maximum absolute atomic E-state index is 10.4. The topological polar surface area (TPSA) is 55.5 Å². The van der Waals surface area contributed by atoms with Gasteiger partial charge in [-0.3, -0.25) is 0 Å². The van der Waals surface area contributed by atoms with Crippen molar-refractivity contribution in [3.8, 4) is 0 Å². The summed E-state index contributed by atoms with van der Waals surface area (Å²) in [7, 11) is 0. The van der Waals surface area contributed by atoms with Crippen LogP contribution in [0.4, 0.5) is 0 Å². The monoisotopic (exact) mass is 196 g/mol. The summed E-state index contributed by atoms with van der Waals surface area (Å²) in [6, 6.07) is 0. The molecule has 0 N–H and O–H groups in total. The van der Waals surface area contributed by atoms with Gasteiger partial charge in [0.25, 0.3) is 0 Å². The number of hydrogen-bond acceptors (Lipinski definition) is 2. The van der Waals surface area contributed by atoms with E-state index in [1.165, 1.54) is 6.42 Å². The Bertz CT molecular complexity index is 322. The van der Waals surface area contributed by atoms with Gasteiger partial charge >= 0.3 is 0 Å². The lowest BCUT2D eigenvalue weighted by Gasteiger charge is -2.33. The van der Waals surface area contributed by atoms with Crippen molar-refractivity contribution in [2.75, 3.05) is 0 Å². The van der Waals surface area contributed by atoms with Crippen molar-refractivity contribution >= 4 is 5.71 Å². The van der Waals surface area contributed by atoms with E-state index in [4.69, 9.17) is 0 Å². The highest BCUT2D eigenvalue weighted by Gasteiger charge is 2.61. The van der Waals surface area contributed by atoms with Crippen LogP contribution in [-0.2, 0) is 0 Å². The zero-order chi connectivity index (χ0) is 10.6. The second-order valence-electron chi connectivity index (χ2n) is 5.28. The molecule has 0 aromatic rings. The Labute approximate surface area is 83.5 Å². The third-order valence-corrected chi connectivity index (χ3v) is 4.71. The highest BCUT2D eigenvalue weighted by molar-refractivity contribution is 5.93. The smallest absolute Gasteiger partial charge is 0.190 e. The summed E-state index contributed by atoms with van der Waals surface area (Å²) in [6.07, 6.45) is 3.07. The molecule has 2 aliphatic rings. The highest BCUT2D eigenvalue weighted by atomic mass is 16.7. The van der Waals surface area contributed by atoms with E-state index < -0.39 is 5.03 Å². The molecular weight excluding hydrogens is 180 g/mol. The SMILES string of the molecule is CC1(C)[C@H]2CC[C@@]1(C)/C(=N\[N+](=O)[O-])C2. The molecule has 14 heavy (non-hydrogen) atoms. The summed E-state index contributed by atoms with van der Waals surface area (Å²) < 4.78 is 0. The first kappa shape index (κ1) is 9.62. The number of nitro groups is 1. The molecule has 4 nitrogen and oxygen atoms in total. The Morgan fingerprint density at radius 2 is 2.14 bits per heavy atom. The fourth-order valence-corrected chi connectivity index (χ4v) is 3.18. The summed E-state index contributed by atoms with van der Waals surface area (Å²) in [5.41, 5.74) is 0.954. The number of rotatable bonds is 1. The average Bonchev–Trinajstić information content (AvgIpc) is 2.35. The van der Waals surface area contributed by atoms with Gasteiger partial charge in [-0.15, -0.1) is 0 Å². The standard InChI is InChI=1S/C10H16N2O2/c1-9(2)7-4-5-10(9,3)8(6-7)11-12(13)14/h7H,4-6H2,1-3H3/b11-8-/t7-,10-/m0/s1. The Kier molecular flexibility index (Phi) is 1.75. The molecule has 0 heterocycles. The van der Waals surface area contributed by atoms with Gasteiger partial charge in [-0.2, -0.15) is 0 Å². The first-order chi connectivity index (χ1) is 6.38. The van der Waals surface area contributed by atoms with Gasteiger partial charge in [-0.05, 0) is 30.6 Å². The third kappa shape index (κ3) is 0.967. The molecule has 0 aliphatic heterocycles. The minimum Gasteiger partial charge on any atom is -0.233 e. The van der Waals surface area contributed by atoms with E-state index in [0.29, 0.717) is 5.92 Å². The molecule has 0 spiro atoms. The van der Waals surface area contributed by atoms with Crippen LogP contribution in [0.2, 0.25) is 0 Å². The highest BCUT2D eigenvalue weighted by Crippen LogP contribution is 2.63. The molecular formula is C10H16N2O2. The lowest BCUT2D eigenvalue weighted by molar-refractivity contribution is -0.485. The van der Waals surface area contributed by atoms with Crippen LogP contribution in [0.1, 0.15) is 40.0 Å². The fourth-order valence-electron chi connectivity index (χ4n) is 3.18. The summed E-state index contributed by atoms with van der Waals surface area (Å²) >= 11 is 0. The van der Waals surface area contributed by atoms with Gasteiger partial charge in [-0.1, -0.05) is 20.8 Å². The Balaban J connectivity index is 2.41. The quantitative estimate of drug-likeness (QED) is 0.478. The molecule has 0 aromatic heterocycles. The molecule has 0 radical (unpaired) electrons. The van der Waals surface area contributed by atoms with Crippen molar-refractivity contribution in [2.24, 2.45) is 21.8 Å². The van der Waals surface area contributed by atoms with E-state index in [2.05, 4.69) is 25.9 Å². The van der Waals surface area contributed by atoms with Gasteiger partial charge in [0.15, 0.2) is 5.03 Å². The molecule has 2 aliphatic carbocycles. The number of nitrogens with zero attached hydrogens (tertiary/aromatic N) is 2. The van der Waals surface area contributed by atoms with E-state index >= 15 is 0 Å². The van der Waals surface area contributed by atoms with Crippen molar-refractivity contribution in [1.29, 1.82) is 0 Å². The van der Waals surface area contributed by atoms with Crippen molar-refractivity contribution in [3.05, 3.63) is 10.1 Å². The second-order valence-corrected chi connectivity index (χ2v) is 5.28.